The van der Waals surface area contributed by atoms with Gasteiger partial charge in [0.15, 0.2) is 5.84 Å². The zero-order chi connectivity index (χ0) is 15.3. The average Bonchev–Trinajstić information content (AvgIpc) is 2.44. The quantitative estimate of drug-likeness (QED) is 0.335. The summed E-state index contributed by atoms with van der Waals surface area (Å²) >= 11 is 0. The van der Waals surface area contributed by atoms with Crippen LogP contribution in [0.15, 0.2) is 23.4 Å². The first-order valence-corrected chi connectivity index (χ1v) is 6.46. The molecule has 110 valence electrons. The van der Waals surface area contributed by atoms with E-state index in [2.05, 4.69) is 10.5 Å². The molecule has 0 atom stereocenters. The SMILES string of the molecule is CCC(CC)(C(=O)Nc1ccc(C)c(F)c1)C(N)=NO. The normalized spacial score (nSPS) is 12.3. The third-order valence-corrected chi connectivity index (χ3v) is 3.67. The van der Waals surface area contributed by atoms with Gasteiger partial charge in [0.05, 0.1) is 0 Å². The first-order chi connectivity index (χ1) is 9.41. The Kier molecular flexibility index (Phi) is 5.07. The number of aryl methyl sites for hydroxylation is 1. The van der Waals surface area contributed by atoms with Crippen molar-refractivity contribution in [3.05, 3.63) is 29.6 Å². The van der Waals surface area contributed by atoms with Crippen molar-refractivity contribution < 1.29 is 14.4 Å². The maximum atomic E-state index is 13.5. The van der Waals surface area contributed by atoms with Crippen LogP contribution < -0.4 is 11.1 Å². The van der Waals surface area contributed by atoms with E-state index in [-0.39, 0.29) is 5.84 Å². The van der Waals surface area contributed by atoms with Crippen molar-refractivity contribution in [2.75, 3.05) is 5.32 Å². The monoisotopic (exact) mass is 281 g/mol. The number of anilines is 1. The van der Waals surface area contributed by atoms with Crippen molar-refractivity contribution in [1.82, 2.24) is 0 Å². The Morgan fingerprint density at radius 3 is 2.50 bits per heavy atom. The van der Waals surface area contributed by atoms with E-state index >= 15 is 0 Å². The van der Waals surface area contributed by atoms with Crippen molar-refractivity contribution >= 4 is 17.4 Å². The number of amidine groups is 1. The fourth-order valence-corrected chi connectivity index (χ4v) is 2.07. The number of carbonyl (C=O) groups excluding carboxylic acids is 1. The molecule has 0 fully saturated rings. The minimum atomic E-state index is -1.10. The highest BCUT2D eigenvalue weighted by Gasteiger charge is 2.39. The third-order valence-electron chi connectivity index (χ3n) is 3.67. The molecule has 20 heavy (non-hydrogen) atoms. The van der Waals surface area contributed by atoms with Gasteiger partial charge in [0.2, 0.25) is 5.91 Å². The number of rotatable bonds is 5. The number of oxime groups is 1. The second kappa shape index (κ2) is 6.36. The van der Waals surface area contributed by atoms with Gasteiger partial charge in [-0.25, -0.2) is 4.39 Å². The third kappa shape index (κ3) is 2.89. The van der Waals surface area contributed by atoms with E-state index in [1.54, 1.807) is 32.9 Å². The largest absolute Gasteiger partial charge is 0.409 e. The van der Waals surface area contributed by atoms with Crippen molar-refractivity contribution in [3.8, 4) is 0 Å². The van der Waals surface area contributed by atoms with E-state index < -0.39 is 17.1 Å². The van der Waals surface area contributed by atoms with Crippen LogP contribution >= 0.6 is 0 Å². The van der Waals surface area contributed by atoms with Gasteiger partial charge in [0.25, 0.3) is 0 Å². The van der Waals surface area contributed by atoms with Gasteiger partial charge in [-0.1, -0.05) is 25.1 Å². The van der Waals surface area contributed by atoms with Gasteiger partial charge in [0, 0.05) is 5.69 Å². The molecule has 1 rings (SSSR count). The van der Waals surface area contributed by atoms with Gasteiger partial charge in [-0.15, -0.1) is 0 Å². The highest BCUT2D eigenvalue weighted by molar-refractivity contribution is 6.11. The molecule has 6 heteroatoms. The van der Waals surface area contributed by atoms with E-state index in [1.807, 2.05) is 0 Å². The topological polar surface area (TPSA) is 87.7 Å². The molecule has 1 aromatic rings. The lowest BCUT2D eigenvalue weighted by Crippen LogP contribution is -2.46. The van der Waals surface area contributed by atoms with E-state index in [0.29, 0.717) is 24.1 Å². The smallest absolute Gasteiger partial charge is 0.238 e. The molecule has 0 bridgehead atoms. The maximum absolute atomic E-state index is 13.5. The lowest BCUT2D eigenvalue weighted by atomic mass is 9.80. The average molecular weight is 281 g/mol. The van der Waals surface area contributed by atoms with Crippen LogP contribution in [0.4, 0.5) is 10.1 Å². The molecule has 0 radical (unpaired) electrons. The number of carbonyl (C=O) groups is 1. The molecule has 0 aliphatic carbocycles. The van der Waals surface area contributed by atoms with Gasteiger partial charge in [-0.2, -0.15) is 0 Å². The molecular formula is C14H20FN3O2. The van der Waals surface area contributed by atoms with Crippen LogP contribution in [0.3, 0.4) is 0 Å². The van der Waals surface area contributed by atoms with Crippen molar-refractivity contribution in [3.63, 3.8) is 0 Å². The summed E-state index contributed by atoms with van der Waals surface area (Å²) in [6, 6.07) is 4.43. The zero-order valence-corrected chi connectivity index (χ0v) is 11.9. The Balaban J connectivity index is 3.06. The summed E-state index contributed by atoms with van der Waals surface area (Å²) in [5, 5.41) is 14.4. The highest BCUT2D eigenvalue weighted by atomic mass is 19.1. The molecule has 0 unspecified atom stereocenters. The summed E-state index contributed by atoms with van der Waals surface area (Å²) in [6.45, 7) is 5.19. The molecule has 1 aromatic carbocycles. The van der Waals surface area contributed by atoms with Crippen LogP contribution in [0, 0.1) is 18.2 Å². The molecule has 1 amide bonds. The van der Waals surface area contributed by atoms with E-state index in [9.17, 15) is 9.18 Å². The highest BCUT2D eigenvalue weighted by Crippen LogP contribution is 2.29. The molecule has 0 spiro atoms. The number of benzene rings is 1. The lowest BCUT2D eigenvalue weighted by molar-refractivity contribution is -0.122. The van der Waals surface area contributed by atoms with Crippen LogP contribution in [0.1, 0.15) is 32.3 Å². The Morgan fingerprint density at radius 2 is 2.05 bits per heavy atom. The molecular weight excluding hydrogens is 261 g/mol. The van der Waals surface area contributed by atoms with Gasteiger partial charge >= 0.3 is 0 Å². The van der Waals surface area contributed by atoms with Gasteiger partial charge in [0.1, 0.15) is 11.2 Å². The van der Waals surface area contributed by atoms with Gasteiger partial charge in [-0.3, -0.25) is 4.79 Å². The Morgan fingerprint density at radius 1 is 1.45 bits per heavy atom. The fourth-order valence-electron chi connectivity index (χ4n) is 2.07. The standard InChI is InChI=1S/C14H20FN3O2/c1-4-14(5-2,12(16)18-20)13(19)17-10-7-6-9(3)11(15)8-10/h6-8,20H,4-5H2,1-3H3,(H2,16,18)(H,17,19). The van der Waals surface area contributed by atoms with Crippen LogP contribution in [0.5, 0.6) is 0 Å². The van der Waals surface area contributed by atoms with Gasteiger partial charge in [-0.05, 0) is 37.5 Å². The molecule has 0 aliphatic heterocycles. The summed E-state index contributed by atoms with van der Waals surface area (Å²) in [5.74, 6) is -0.959. The maximum Gasteiger partial charge on any atom is 0.238 e. The number of hydrogen-bond acceptors (Lipinski definition) is 3. The molecule has 5 nitrogen and oxygen atoms in total. The lowest BCUT2D eigenvalue weighted by Gasteiger charge is -2.28. The van der Waals surface area contributed by atoms with Crippen molar-refractivity contribution in [2.45, 2.75) is 33.6 Å². The Labute approximate surface area is 117 Å². The Bertz CT molecular complexity index is 525. The molecule has 0 saturated carbocycles. The zero-order valence-electron chi connectivity index (χ0n) is 11.9. The van der Waals surface area contributed by atoms with Crippen molar-refractivity contribution in [1.29, 1.82) is 0 Å². The second-order valence-corrected chi connectivity index (χ2v) is 4.69. The molecule has 0 aromatic heterocycles. The number of nitrogens with two attached hydrogens (primary N) is 1. The van der Waals surface area contributed by atoms with E-state index in [0.717, 1.165) is 0 Å². The fraction of sp³-hybridized carbons (Fsp3) is 0.429. The summed E-state index contributed by atoms with van der Waals surface area (Å²) in [6.07, 6.45) is 0.749. The summed E-state index contributed by atoms with van der Waals surface area (Å²) < 4.78 is 13.5. The van der Waals surface area contributed by atoms with Crippen LogP contribution in [0.2, 0.25) is 0 Å². The van der Waals surface area contributed by atoms with E-state index in [4.69, 9.17) is 10.9 Å². The number of amides is 1. The predicted octanol–water partition coefficient (Wildman–Crippen LogP) is 2.63. The Hall–Kier alpha value is -2.11. The molecule has 0 aliphatic rings. The number of nitrogens with zero attached hydrogens (tertiary/aromatic N) is 1. The first kappa shape index (κ1) is 15.9. The molecule has 4 N–H and O–H groups in total. The van der Waals surface area contributed by atoms with Crippen LogP contribution in [0.25, 0.3) is 0 Å². The first-order valence-electron chi connectivity index (χ1n) is 6.46. The van der Waals surface area contributed by atoms with Crippen molar-refractivity contribution in [2.24, 2.45) is 16.3 Å². The van der Waals surface area contributed by atoms with E-state index in [1.165, 1.54) is 6.07 Å². The predicted molar refractivity (Wildman–Crippen MR) is 76.2 cm³/mol. The summed E-state index contributed by atoms with van der Waals surface area (Å²) in [7, 11) is 0. The minimum absolute atomic E-state index is 0.146. The number of nitrogens with one attached hydrogen (secondary N) is 1. The minimum Gasteiger partial charge on any atom is -0.409 e. The summed E-state index contributed by atoms with van der Waals surface area (Å²) in [5.41, 5.74) is 5.39. The number of halogens is 1. The summed E-state index contributed by atoms with van der Waals surface area (Å²) in [4.78, 5) is 12.4. The van der Waals surface area contributed by atoms with Crippen LogP contribution in [-0.4, -0.2) is 17.0 Å². The molecule has 0 saturated heterocycles. The second-order valence-electron chi connectivity index (χ2n) is 4.69. The number of hydrogen-bond donors (Lipinski definition) is 3. The van der Waals surface area contributed by atoms with Crippen LogP contribution in [-0.2, 0) is 4.79 Å². The van der Waals surface area contributed by atoms with Gasteiger partial charge < -0.3 is 16.3 Å². The molecule has 0 heterocycles.